The first-order valence-corrected chi connectivity index (χ1v) is 7.18. The number of rotatable bonds is 4. The smallest absolute Gasteiger partial charge is 0.127 e. The third kappa shape index (κ3) is 3.14. The molecule has 2 aromatic carbocycles. The molecule has 3 nitrogen and oxygen atoms in total. The number of para-hydroxylation sites is 1. The summed E-state index contributed by atoms with van der Waals surface area (Å²) in [5, 5.41) is 4.60. The van der Waals surface area contributed by atoms with Gasteiger partial charge < -0.3 is 5.73 Å². The number of nitrogens with zero attached hydrogens (tertiary/aromatic N) is 2. The summed E-state index contributed by atoms with van der Waals surface area (Å²) in [4.78, 5) is 0. The normalized spacial score (nSPS) is 10.7. The number of hydrogen-bond acceptors (Lipinski definition) is 2. The van der Waals surface area contributed by atoms with Crippen LogP contribution in [0.1, 0.15) is 16.8 Å². The summed E-state index contributed by atoms with van der Waals surface area (Å²) in [6, 6.07) is 20.6. The van der Waals surface area contributed by atoms with Crippen LogP contribution in [0.4, 0.5) is 5.82 Å². The molecule has 1 aromatic heterocycles. The van der Waals surface area contributed by atoms with Gasteiger partial charge in [-0.3, -0.25) is 0 Å². The zero-order valence-corrected chi connectivity index (χ0v) is 12.2. The number of aromatic nitrogens is 2. The first kappa shape index (κ1) is 13.4. The molecular formula is C18H19N3. The third-order valence-corrected chi connectivity index (χ3v) is 3.58. The Kier molecular flexibility index (Phi) is 3.73. The van der Waals surface area contributed by atoms with E-state index in [0.29, 0.717) is 5.82 Å². The van der Waals surface area contributed by atoms with Crippen LogP contribution in [-0.4, -0.2) is 9.78 Å². The van der Waals surface area contributed by atoms with Crippen molar-refractivity contribution in [2.75, 3.05) is 5.73 Å². The molecule has 1 heterocycles. The lowest BCUT2D eigenvalue weighted by Gasteiger charge is -2.03. The summed E-state index contributed by atoms with van der Waals surface area (Å²) >= 11 is 0. The molecule has 0 saturated heterocycles. The lowest BCUT2D eigenvalue weighted by atomic mass is 10.1. The third-order valence-electron chi connectivity index (χ3n) is 3.58. The Labute approximate surface area is 125 Å². The minimum Gasteiger partial charge on any atom is -0.384 e. The lowest BCUT2D eigenvalue weighted by Crippen LogP contribution is -2.01. The quantitative estimate of drug-likeness (QED) is 0.792. The lowest BCUT2D eigenvalue weighted by molar-refractivity contribution is 0.822. The van der Waals surface area contributed by atoms with Gasteiger partial charge in [0.1, 0.15) is 5.82 Å². The molecule has 0 fully saturated rings. The van der Waals surface area contributed by atoms with Crippen LogP contribution < -0.4 is 5.73 Å². The predicted octanol–water partition coefficient (Wildman–Crippen LogP) is 3.55. The Morgan fingerprint density at radius 1 is 0.952 bits per heavy atom. The molecule has 0 aliphatic carbocycles. The van der Waals surface area contributed by atoms with Gasteiger partial charge in [0.05, 0.1) is 11.4 Å². The maximum atomic E-state index is 6.06. The van der Waals surface area contributed by atoms with E-state index in [0.717, 1.165) is 24.2 Å². The summed E-state index contributed by atoms with van der Waals surface area (Å²) in [6.07, 6.45) is 1.87. The average Bonchev–Trinajstić information content (AvgIpc) is 2.89. The van der Waals surface area contributed by atoms with Crippen molar-refractivity contribution in [1.29, 1.82) is 0 Å². The fourth-order valence-corrected chi connectivity index (χ4v) is 2.37. The maximum Gasteiger partial charge on any atom is 0.127 e. The van der Waals surface area contributed by atoms with Crippen LogP contribution in [0.5, 0.6) is 0 Å². The van der Waals surface area contributed by atoms with E-state index in [1.807, 2.05) is 36.4 Å². The van der Waals surface area contributed by atoms with Gasteiger partial charge in [0, 0.05) is 6.07 Å². The molecule has 0 unspecified atom stereocenters. The Morgan fingerprint density at radius 3 is 2.38 bits per heavy atom. The van der Waals surface area contributed by atoms with E-state index < -0.39 is 0 Å². The molecule has 3 heteroatoms. The monoisotopic (exact) mass is 277 g/mol. The topological polar surface area (TPSA) is 43.8 Å². The van der Waals surface area contributed by atoms with Gasteiger partial charge >= 0.3 is 0 Å². The van der Waals surface area contributed by atoms with Crippen LogP contribution in [0.15, 0.2) is 60.7 Å². The average molecular weight is 277 g/mol. The molecule has 21 heavy (non-hydrogen) atoms. The number of nitrogen functional groups attached to an aromatic ring is 1. The van der Waals surface area contributed by atoms with E-state index in [9.17, 15) is 0 Å². The van der Waals surface area contributed by atoms with Crippen LogP contribution in [0, 0.1) is 6.92 Å². The molecule has 0 spiro atoms. The first-order valence-electron chi connectivity index (χ1n) is 7.18. The second-order valence-electron chi connectivity index (χ2n) is 5.29. The van der Waals surface area contributed by atoms with Crippen molar-refractivity contribution in [2.45, 2.75) is 19.8 Å². The molecule has 0 aliphatic heterocycles. The SMILES string of the molecule is Cc1ccc(CCc2cc(N)n(-c3ccccc3)n2)cc1. The van der Waals surface area contributed by atoms with Crippen molar-refractivity contribution in [1.82, 2.24) is 9.78 Å². The maximum absolute atomic E-state index is 6.06. The van der Waals surface area contributed by atoms with Crippen molar-refractivity contribution in [3.8, 4) is 5.69 Å². The van der Waals surface area contributed by atoms with Crippen LogP contribution in [0.2, 0.25) is 0 Å². The van der Waals surface area contributed by atoms with Gasteiger partial charge in [-0.05, 0) is 37.5 Å². The molecule has 0 radical (unpaired) electrons. The van der Waals surface area contributed by atoms with Crippen LogP contribution in [0.25, 0.3) is 5.69 Å². The minimum absolute atomic E-state index is 0.681. The summed E-state index contributed by atoms with van der Waals surface area (Å²) in [7, 11) is 0. The number of nitrogens with two attached hydrogens (primary N) is 1. The summed E-state index contributed by atoms with van der Waals surface area (Å²) < 4.78 is 1.80. The highest BCUT2D eigenvalue weighted by Crippen LogP contribution is 2.15. The number of hydrogen-bond donors (Lipinski definition) is 1. The summed E-state index contributed by atoms with van der Waals surface area (Å²) in [5.41, 5.74) is 10.7. The summed E-state index contributed by atoms with van der Waals surface area (Å²) in [5.74, 6) is 0.681. The van der Waals surface area contributed by atoms with Crippen LogP contribution >= 0.6 is 0 Å². The van der Waals surface area contributed by atoms with E-state index in [4.69, 9.17) is 5.73 Å². The molecular weight excluding hydrogens is 258 g/mol. The number of anilines is 1. The van der Waals surface area contributed by atoms with E-state index in [2.05, 4.69) is 36.3 Å². The van der Waals surface area contributed by atoms with Crippen molar-refractivity contribution >= 4 is 5.82 Å². The Balaban J connectivity index is 1.74. The van der Waals surface area contributed by atoms with Crippen molar-refractivity contribution in [3.05, 3.63) is 77.5 Å². The molecule has 2 N–H and O–H groups in total. The summed E-state index contributed by atoms with van der Waals surface area (Å²) in [6.45, 7) is 2.10. The highest BCUT2D eigenvalue weighted by atomic mass is 15.3. The molecule has 106 valence electrons. The number of aryl methyl sites for hydroxylation is 3. The molecule has 0 atom stereocenters. The van der Waals surface area contributed by atoms with Gasteiger partial charge in [0.25, 0.3) is 0 Å². The second-order valence-corrected chi connectivity index (χ2v) is 5.29. The minimum atomic E-state index is 0.681. The molecule has 3 aromatic rings. The molecule has 0 aliphatic rings. The zero-order chi connectivity index (χ0) is 14.7. The number of benzene rings is 2. The first-order chi connectivity index (χ1) is 10.2. The highest BCUT2D eigenvalue weighted by molar-refractivity contribution is 5.42. The van der Waals surface area contributed by atoms with Gasteiger partial charge in [-0.15, -0.1) is 0 Å². The Hall–Kier alpha value is -2.55. The molecule has 0 bridgehead atoms. The van der Waals surface area contributed by atoms with Gasteiger partial charge in [-0.25, -0.2) is 4.68 Å². The highest BCUT2D eigenvalue weighted by Gasteiger charge is 2.06. The van der Waals surface area contributed by atoms with E-state index in [1.54, 1.807) is 4.68 Å². The van der Waals surface area contributed by atoms with Crippen molar-refractivity contribution in [2.24, 2.45) is 0 Å². The van der Waals surface area contributed by atoms with Crippen LogP contribution in [-0.2, 0) is 12.8 Å². The standard InChI is InChI=1S/C18H19N3/c1-14-7-9-15(10-8-14)11-12-16-13-18(19)21(20-16)17-5-3-2-4-6-17/h2-10,13H,11-12,19H2,1H3. The fraction of sp³-hybridized carbons (Fsp3) is 0.167. The predicted molar refractivity (Wildman–Crippen MR) is 86.6 cm³/mol. The van der Waals surface area contributed by atoms with Crippen molar-refractivity contribution in [3.63, 3.8) is 0 Å². The zero-order valence-electron chi connectivity index (χ0n) is 12.2. The van der Waals surface area contributed by atoms with Gasteiger partial charge in [0.15, 0.2) is 0 Å². The Morgan fingerprint density at radius 2 is 1.67 bits per heavy atom. The van der Waals surface area contributed by atoms with E-state index in [-0.39, 0.29) is 0 Å². The fourth-order valence-electron chi connectivity index (χ4n) is 2.37. The molecule has 0 amide bonds. The van der Waals surface area contributed by atoms with Crippen molar-refractivity contribution < 1.29 is 0 Å². The van der Waals surface area contributed by atoms with Gasteiger partial charge in [-0.1, -0.05) is 48.0 Å². The van der Waals surface area contributed by atoms with E-state index in [1.165, 1.54) is 11.1 Å². The Bertz CT molecular complexity index is 712. The van der Waals surface area contributed by atoms with Gasteiger partial charge in [-0.2, -0.15) is 5.10 Å². The van der Waals surface area contributed by atoms with Crippen LogP contribution in [0.3, 0.4) is 0 Å². The second kappa shape index (κ2) is 5.83. The molecule has 0 saturated carbocycles. The van der Waals surface area contributed by atoms with Gasteiger partial charge in [0.2, 0.25) is 0 Å². The largest absolute Gasteiger partial charge is 0.384 e. The molecule has 3 rings (SSSR count). The van der Waals surface area contributed by atoms with E-state index >= 15 is 0 Å².